The molecule has 11 heteroatoms. The van der Waals surface area contributed by atoms with Crippen molar-refractivity contribution in [2.45, 2.75) is 38.3 Å². The standard InChI is InChI=1S/C26H26ClN7O3/c1-28-20-11-8-18(21(27)13-20)14-30-23(35)15-6-9-19(10-7-15)31-26-33-22(32-25(29-2)34-26)16-4-3-5-17(12-16)24(36)37/h3-5,8,11-13,15,19H,6-7,9-10,14H2,2H3,(H,30,35)(H,36,37)(H2,29,31,32,33,34)/t15-,19+. The second-order valence-corrected chi connectivity index (χ2v) is 9.15. The van der Waals surface area contributed by atoms with Crippen LogP contribution in [-0.4, -0.2) is 45.0 Å². The summed E-state index contributed by atoms with van der Waals surface area (Å²) in [6.07, 6.45) is 2.96. The lowest BCUT2D eigenvalue weighted by atomic mass is 9.85. The average molecular weight is 520 g/mol. The summed E-state index contributed by atoms with van der Waals surface area (Å²) in [6, 6.07) is 11.6. The van der Waals surface area contributed by atoms with Crippen LogP contribution in [0.15, 0.2) is 42.5 Å². The summed E-state index contributed by atoms with van der Waals surface area (Å²) in [6.45, 7) is 7.37. The van der Waals surface area contributed by atoms with E-state index in [1.165, 1.54) is 12.1 Å². The number of halogens is 1. The van der Waals surface area contributed by atoms with Gasteiger partial charge in [-0.2, -0.15) is 15.0 Å². The van der Waals surface area contributed by atoms with E-state index in [0.29, 0.717) is 53.4 Å². The quantitative estimate of drug-likeness (QED) is 0.313. The summed E-state index contributed by atoms with van der Waals surface area (Å²) in [5.74, 6) is -0.0159. The van der Waals surface area contributed by atoms with Crippen molar-refractivity contribution in [3.8, 4) is 11.4 Å². The zero-order valence-corrected chi connectivity index (χ0v) is 20.9. The van der Waals surface area contributed by atoms with Crippen molar-refractivity contribution in [3.05, 3.63) is 70.0 Å². The van der Waals surface area contributed by atoms with Gasteiger partial charge in [-0.25, -0.2) is 9.64 Å². The number of benzene rings is 2. The maximum Gasteiger partial charge on any atom is 0.335 e. The van der Waals surface area contributed by atoms with Crippen LogP contribution in [-0.2, 0) is 11.3 Å². The number of carboxylic acid groups (broad SMARTS) is 1. The molecule has 37 heavy (non-hydrogen) atoms. The Morgan fingerprint density at radius 2 is 1.84 bits per heavy atom. The highest BCUT2D eigenvalue weighted by Gasteiger charge is 2.27. The Bertz CT molecular complexity index is 1350. The second-order valence-electron chi connectivity index (χ2n) is 8.74. The van der Waals surface area contributed by atoms with Gasteiger partial charge in [0.05, 0.1) is 12.1 Å². The molecule has 1 aliphatic rings. The fourth-order valence-electron chi connectivity index (χ4n) is 4.23. The summed E-state index contributed by atoms with van der Waals surface area (Å²) >= 11 is 6.22. The number of aromatic nitrogens is 3. The molecule has 0 atom stereocenters. The lowest BCUT2D eigenvalue weighted by Crippen LogP contribution is -2.36. The molecular formula is C26H26ClN7O3. The molecule has 2 aromatic carbocycles. The third kappa shape index (κ3) is 6.51. The molecule has 3 aromatic rings. The number of nitrogens with zero attached hydrogens (tertiary/aromatic N) is 4. The smallest absolute Gasteiger partial charge is 0.335 e. The molecule has 0 aliphatic heterocycles. The Kier molecular flexibility index (Phi) is 8.15. The molecule has 0 radical (unpaired) electrons. The Labute approximate surface area is 219 Å². The van der Waals surface area contributed by atoms with Gasteiger partial charge in [0.2, 0.25) is 17.8 Å². The molecule has 0 saturated heterocycles. The maximum atomic E-state index is 12.7. The van der Waals surface area contributed by atoms with Crippen molar-refractivity contribution >= 4 is 41.1 Å². The summed E-state index contributed by atoms with van der Waals surface area (Å²) in [7, 11) is 1.70. The number of amides is 1. The summed E-state index contributed by atoms with van der Waals surface area (Å²) in [4.78, 5) is 40.7. The molecule has 1 aliphatic carbocycles. The topological polar surface area (TPSA) is 133 Å². The normalized spacial score (nSPS) is 16.9. The molecule has 190 valence electrons. The first kappa shape index (κ1) is 25.9. The molecule has 0 unspecified atom stereocenters. The van der Waals surface area contributed by atoms with Crippen molar-refractivity contribution < 1.29 is 14.7 Å². The van der Waals surface area contributed by atoms with Crippen molar-refractivity contribution in [2.75, 3.05) is 17.7 Å². The molecule has 1 amide bonds. The monoisotopic (exact) mass is 519 g/mol. The molecule has 4 rings (SSSR count). The van der Waals surface area contributed by atoms with Crippen LogP contribution < -0.4 is 16.0 Å². The molecule has 1 saturated carbocycles. The number of aromatic carboxylic acids is 1. The number of hydrogen-bond acceptors (Lipinski definition) is 7. The third-order valence-electron chi connectivity index (χ3n) is 6.28. The molecule has 1 fully saturated rings. The van der Waals surface area contributed by atoms with Crippen LogP contribution >= 0.6 is 11.6 Å². The Hall–Kier alpha value is -4.23. The molecule has 1 aromatic heterocycles. The number of carbonyl (C=O) groups is 2. The van der Waals surface area contributed by atoms with Gasteiger partial charge < -0.3 is 21.1 Å². The van der Waals surface area contributed by atoms with E-state index >= 15 is 0 Å². The lowest BCUT2D eigenvalue weighted by Gasteiger charge is -2.28. The third-order valence-corrected chi connectivity index (χ3v) is 6.63. The van der Waals surface area contributed by atoms with E-state index < -0.39 is 5.97 Å². The van der Waals surface area contributed by atoms with Gasteiger partial charge in [-0.05, 0) is 49.4 Å². The number of hydrogen-bond donors (Lipinski definition) is 4. The van der Waals surface area contributed by atoms with Crippen molar-refractivity contribution in [1.29, 1.82) is 0 Å². The van der Waals surface area contributed by atoms with E-state index in [2.05, 4.69) is 35.7 Å². The van der Waals surface area contributed by atoms with E-state index in [0.717, 1.165) is 18.4 Å². The van der Waals surface area contributed by atoms with Crippen molar-refractivity contribution in [2.24, 2.45) is 5.92 Å². The first-order valence-corrected chi connectivity index (χ1v) is 12.2. The van der Waals surface area contributed by atoms with Crippen LogP contribution in [0.25, 0.3) is 16.2 Å². The fourth-order valence-corrected chi connectivity index (χ4v) is 4.47. The van der Waals surface area contributed by atoms with Crippen LogP contribution in [0.1, 0.15) is 41.6 Å². The Balaban J connectivity index is 1.35. The van der Waals surface area contributed by atoms with Gasteiger partial charge in [-0.15, -0.1) is 0 Å². The van der Waals surface area contributed by atoms with Gasteiger partial charge >= 0.3 is 5.97 Å². The van der Waals surface area contributed by atoms with Crippen LogP contribution in [0.5, 0.6) is 0 Å². The summed E-state index contributed by atoms with van der Waals surface area (Å²) in [5.41, 5.74) is 1.97. The average Bonchev–Trinajstić information content (AvgIpc) is 2.92. The Morgan fingerprint density at radius 1 is 1.08 bits per heavy atom. The van der Waals surface area contributed by atoms with E-state index in [-0.39, 0.29) is 23.4 Å². The zero-order valence-electron chi connectivity index (χ0n) is 20.2. The summed E-state index contributed by atoms with van der Waals surface area (Å²) in [5, 5.41) is 19.0. The minimum atomic E-state index is -1.02. The number of anilines is 2. The predicted molar refractivity (Wildman–Crippen MR) is 141 cm³/mol. The van der Waals surface area contributed by atoms with Crippen molar-refractivity contribution in [1.82, 2.24) is 20.3 Å². The highest BCUT2D eigenvalue weighted by molar-refractivity contribution is 6.31. The van der Waals surface area contributed by atoms with Crippen LogP contribution in [0.4, 0.5) is 17.6 Å². The molecule has 0 spiro atoms. The number of nitrogens with one attached hydrogen (secondary N) is 3. The van der Waals surface area contributed by atoms with Crippen LogP contribution in [0.2, 0.25) is 5.02 Å². The molecule has 10 nitrogen and oxygen atoms in total. The SMILES string of the molecule is [C-]#[N+]c1ccc(CNC(=O)[C@H]2CC[C@@H](Nc3nc(NC)nc(-c4cccc(C(=O)O)c4)n3)CC2)c(Cl)c1. The highest BCUT2D eigenvalue weighted by Crippen LogP contribution is 2.28. The number of carbonyl (C=O) groups excluding carboxylic acids is 1. The molecule has 4 N–H and O–H groups in total. The van der Waals surface area contributed by atoms with Gasteiger partial charge in [0.15, 0.2) is 11.5 Å². The first-order valence-electron chi connectivity index (χ1n) is 11.8. The number of rotatable bonds is 8. The minimum absolute atomic E-state index is 0.0120. The Morgan fingerprint density at radius 3 is 2.51 bits per heavy atom. The van der Waals surface area contributed by atoms with Gasteiger partial charge in [-0.1, -0.05) is 35.9 Å². The van der Waals surface area contributed by atoms with Gasteiger partial charge in [-0.3, -0.25) is 4.79 Å². The predicted octanol–water partition coefficient (Wildman–Crippen LogP) is 4.77. The van der Waals surface area contributed by atoms with Gasteiger partial charge in [0.25, 0.3) is 0 Å². The van der Waals surface area contributed by atoms with E-state index in [4.69, 9.17) is 18.2 Å². The van der Waals surface area contributed by atoms with E-state index in [9.17, 15) is 14.7 Å². The second kappa shape index (κ2) is 11.7. The zero-order chi connectivity index (χ0) is 26.4. The largest absolute Gasteiger partial charge is 0.478 e. The maximum absolute atomic E-state index is 12.7. The molecule has 1 heterocycles. The van der Waals surface area contributed by atoms with Crippen LogP contribution in [0.3, 0.4) is 0 Å². The number of carboxylic acids is 1. The summed E-state index contributed by atoms with van der Waals surface area (Å²) < 4.78 is 0. The van der Waals surface area contributed by atoms with Crippen molar-refractivity contribution in [3.63, 3.8) is 0 Å². The van der Waals surface area contributed by atoms with Gasteiger partial charge in [0, 0.05) is 36.1 Å². The highest BCUT2D eigenvalue weighted by atomic mass is 35.5. The fraction of sp³-hybridized carbons (Fsp3) is 0.308. The van der Waals surface area contributed by atoms with Gasteiger partial charge in [0.1, 0.15) is 0 Å². The van der Waals surface area contributed by atoms with E-state index in [1.54, 1.807) is 37.4 Å². The van der Waals surface area contributed by atoms with Crippen LogP contribution in [0, 0.1) is 12.5 Å². The lowest BCUT2D eigenvalue weighted by molar-refractivity contribution is -0.126. The molecule has 0 bridgehead atoms. The molecular weight excluding hydrogens is 494 g/mol. The minimum Gasteiger partial charge on any atom is -0.478 e. The first-order chi connectivity index (χ1) is 17.9. The van der Waals surface area contributed by atoms with E-state index in [1.807, 2.05) is 0 Å².